The molecule has 2 aromatic carbocycles. The lowest BCUT2D eigenvalue weighted by atomic mass is 10.2. The Bertz CT molecular complexity index is 850. The van der Waals surface area contributed by atoms with Crippen LogP contribution in [0.25, 0.3) is 0 Å². The maximum absolute atomic E-state index is 12.3. The van der Waals surface area contributed by atoms with Gasteiger partial charge in [-0.05, 0) is 56.7 Å². The number of urea groups is 2. The first kappa shape index (κ1) is 21.7. The van der Waals surface area contributed by atoms with Crippen LogP contribution in [0.2, 0.25) is 0 Å². The molecule has 4 N–H and O–H groups in total. The van der Waals surface area contributed by atoms with Gasteiger partial charge in [0.15, 0.2) is 0 Å². The molecular weight excluding hydrogens is 372 g/mol. The Morgan fingerprint density at radius 2 is 1.62 bits per heavy atom. The SMILES string of the molecule is CCCNC(=O)Nc1cccc(OC(=O)c2ccc(NC(=O)NC(C)C)cc2)c1. The van der Waals surface area contributed by atoms with E-state index in [0.29, 0.717) is 29.2 Å². The monoisotopic (exact) mass is 398 g/mol. The molecule has 154 valence electrons. The summed E-state index contributed by atoms with van der Waals surface area (Å²) in [5.41, 5.74) is 1.41. The van der Waals surface area contributed by atoms with Crippen molar-refractivity contribution in [3.8, 4) is 5.75 Å². The number of benzene rings is 2. The molecule has 8 heteroatoms. The number of amides is 4. The summed E-state index contributed by atoms with van der Waals surface area (Å²) in [5, 5.41) is 10.8. The van der Waals surface area contributed by atoms with Gasteiger partial charge in [0.2, 0.25) is 0 Å². The van der Waals surface area contributed by atoms with Crippen molar-refractivity contribution in [2.45, 2.75) is 33.2 Å². The van der Waals surface area contributed by atoms with Gasteiger partial charge >= 0.3 is 18.0 Å². The summed E-state index contributed by atoms with van der Waals surface area (Å²) in [4.78, 5) is 35.8. The van der Waals surface area contributed by atoms with Gasteiger partial charge in [-0.2, -0.15) is 0 Å². The lowest BCUT2D eigenvalue weighted by Gasteiger charge is -2.11. The van der Waals surface area contributed by atoms with Crippen LogP contribution < -0.4 is 26.0 Å². The number of esters is 1. The highest BCUT2D eigenvalue weighted by Crippen LogP contribution is 2.19. The number of anilines is 2. The molecule has 2 aromatic rings. The van der Waals surface area contributed by atoms with Gasteiger partial charge in [-0.25, -0.2) is 14.4 Å². The number of carbonyl (C=O) groups is 3. The largest absolute Gasteiger partial charge is 0.423 e. The van der Waals surface area contributed by atoms with Crippen LogP contribution in [-0.4, -0.2) is 30.6 Å². The van der Waals surface area contributed by atoms with Gasteiger partial charge in [0.05, 0.1) is 5.56 Å². The first-order valence-corrected chi connectivity index (χ1v) is 9.42. The summed E-state index contributed by atoms with van der Waals surface area (Å²) in [6.07, 6.45) is 0.835. The molecule has 0 radical (unpaired) electrons. The average molecular weight is 398 g/mol. The molecule has 0 spiro atoms. The number of carbonyl (C=O) groups excluding carboxylic acids is 3. The molecule has 2 rings (SSSR count). The van der Waals surface area contributed by atoms with E-state index in [2.05, 4.69) is 21.3 Å². The van der Waals surface area contributed by atoms with Crippen LogP contribution in [0.3, 0.4) is 0 Å². The molecule has 0 fully saturated rings. The Labute approximate surface area is 170 Å². The molecule has 8 nitrogen and oxygen atoms in total. The zero-order chi connectivity index (χ0) is 21.2. The lowest BCUT2D eigenvalue weighted by molar-refractivity contribution is 0.0735. The summed E-state index contributed by atoms with van der Waals surface area (Å²) in [6.45, 7) is 6.26. The van der Waals surface area contributed by atoms with Gasteiger partial charge in [0, 0.05) is 30.0 Å². The van der Waals surface area contributed by atoms with Crippen LogP contribution in [0.15, 0.2) is 48.5 Å². The van der Waals surface area contributed by atoms with Crippen molar-refractivity contribution in [1.82, 2.24) is 10.6 Å². The van der Waals surface area contributed by atoms with E-state index in [1.54, 1.807) is 48.5 Å². The van der Waals surface area contributed by atoms with E-state index in [1.165, 1.54) is 0 Å². The van der Waals surface area contributed by atoms with Crippen LogP contribution >= 0.6 is 0 Å². The highest BCUT2D eigenvalue weighted by molar-refractivity contribution is 5.94. The summed E-state index contributed by atoms with van der Waals surface area (Å²) >= 11 is 0. The fourth-order valence-corrected chi connectivity index (χ4v) is 2.34. The third-order valence-corrected chi connectivity index (χ3v) is 3.64. The highest BCUT2D eigenvalue weighted by Gasteiger charge is 2.11. The first-order chi connectivity index (χ1) is 13.9. The normalized spacial score (nSPS) is 10.2. The van der Waals surface area contributed by atoms with E-state index in [-0.39, 0.29) is 18.1 Å². The predicted molar refractivity (Wildman–Crippen MR) is 112 cm³/mol. The molecule has 0 atom stereocenters. The lowest BCUT2D eigenvalue weighted by Crippen LogP contribution is -2.34. The van der Waals surface area contributed by atoms with Gasteiger partial charge in [0.1, 0.15) is 5.75 Å². The standard InChI is InChI=1S/C21H26N4O4/c1-4-12-22-20(27)25-17-6-5-7-18(13-17)29-19(26)15-8-10-16(11-9-15)24-21(28)23-14(2)3/h5-11,13-14H,4,12H2,1-3H3,(H2,22,25,27)(H2,23,24,28). The number of hydrogen-bond acceptors (Lipinski definition) is 4. The van der Waals surface area contributed by atoms with E-state index in [1.807, 2.05) is 20.8 Å². The smallest absolute Gasteiger partial charge is 0.343 e. The van der Waals surface area contributed by atoms with Crippen molar-refractivity contribution in [3.05, 3.63) is 54.1 Å². The first-order valence-electron chi connectivity index (χ1n) is 9.42. The van der Waals surface area contributed by atoms with Crippen molar-refractivity contribution in [1.29, 1.82) is 0 Å². The van der Waals surface area contributed by atoms with Gasteiger partial charge in [-0.15, -0.1) is 0 Å². The van der Waals surface area contributed by atoms with E-state index < -0.39 is 5.97 Å². The Morgan fingerprint density at radius 1 is 0.931 bits per heavy atom. The fourth-order valence-electron chi connectivity index (χ4n) is 2.34. The van der Waals surface area contributed by atoms with Crippen LogP contribution in [0.1, 0.15) is 37.6 Å². The zero-order valence-electron chi connectivity index (χ0n) is 16.7. The van der Waals surface area contributed by atoms with Gasteiger partial charge in [-0.1, -0.05) is 13.0 Å². The number of ether oxygens (including phenoxy) is 1. The van der Waals surface area contributed by atoms with Gasteiger partial charge in [0.25, 0.3) is 0 Å². The minimum Gasteiger partial charge on any atom is -0.423 e. The second kappa shape index (κ2) is 10.7. The fraction of sp³-hybridized carbons (Fsp3) is 0.286. The van der Waals surface area contributed by atoms with Crippen LogP contribution in [0.4, 0.5) is 21.0 Å². The molecule has 29 heavy (non-hydrogen) atoms. The summed E-state index contributed by atoms with van der Waals surface area (Å²) in [5.74, 6) is -0.238. The molecule has 0 saturated heterocycles. The molecule has 0 heterocycles. The van der Waals surface area contributed by atoms with Crippen molar-refractivity contribution < 1.29 is 19.1 Å². The average Bonchev–Trinajstić information content (AvgIpc) is 2.66. The molecule has 0 aliphatic heterocycles. The maximum atomic E-state index is 12.3. The molecular formula is C21H26N4O4. The van der Waals surface area contributed by atoms with Crippen LogP contribution in [0.5, 0.6) is 5.75 Å². The number of hydrogen-bond donors (Lipinski definition) is 4. The van der Waals surface area contributed by atoms with Crippen molar-refractivity contribution in [2.75, 3.05) is 17.2 Å². The minimum atomic E-state index is -0.546. The maximum Gasteiger partial charge on any atom is 0.343 e. The van der Waals surface area contributed by atoms with E-state index in [0.717, 1.165) is 6.42 Å². The predicted octanol–water partition coefficient (Wildman–Crippen LogP) is 3.97. The topological polar surface area (TPSA) is 109 Å². The van der Waals surface area contributed by atoms with E-state index in [4.69, 9.17) is 4.74 Å². The van der Waals surface area contributed by atoms with E-state index >= 15 is 0 Å². The second-order valence-electron chi connectivity index (χ2n) is 6.63. The van der Waals surface area contributed by atoms with Crippen molar-refractivity contribution >= 4 is 29.4 Å². The Morgan fingerprint density at radius 3 is 2.28 bits per heavy atom. The minimum absolute atomic E-state index is 0.0206. The molecule has 0 unspecified atom stereocenters. The Balaban J connectivity index is 1.95. The summed E-state index contributed by atoms with van der Waals surface area (Å²) in [7, 11) is 0. The molecule has 0 bridgehead atoms. The molecule has 4 amide bonds. The zero-order valence-corrected chi connectivity index (χ0v) is 16.7. The molecule has 0 saturated carbocycles. The van der Waals surface area contributed by atoms with Gasteiger partial charge < -0.3 is 26.0 Å². The molecule has 0 aromatic heterocycles. The third kappa shape index (κ3) is 7.53. The quantitative estimate of drug-likeness (QED) is 0.418. The van der Waals surface area contributed by atoms with Crippen LogP contribution in [0, 0.1) is 0 Å². The van der Waals surface area contributed by atoms with Crippen molar-refractivity contribution in [2.24, 2.45) is 0 Å². The number of rotatable bonds is 7. The van der Waals surface area contributed by atoms with E-state index in [9.17, 15) is 14.4 Å². The Hall–Kier alpha value is -3.55. The summed E-state index contributed by atoms with van der Waals surface area (Å²) in [6, 6.07) is 12.3. The number of nitrogens with one attached hydrogen (secondary N) is 4. The molecule has 0 aliphatic rings. The summed E-state index contributed by atoms with van der Waals surface area (Å²) < 4.78 is 5.37. The van der Waals surface area contributed by atoms with Crippen LogP contribution in [-0.2, 0) is 0 Å². The third-order valence-electron chi connectivity index (χ3n) is 3.64. The second-order valence-corrected chi connectivity index (χ2v) is 6.63. The van der Waals surface area contributed by atoms with Crippen molar-refractivity contribution in [3.63, 3.8) is 0 Å². The van der Waals surface area contributed by atoms with Gasteiger partial charge in [-0.3, -0.25) is 0 Å². The molecule has 0 aliphatic carbocycles. The highest BCUT2D eigenvalue weighted by atomic mass is 16.5. The Kier molecular flexibility index (Phi) is 8.02.